The molecule has 21 heavy (non-hydrogen) atoms. The highest BCUT2D eigenvalue weighted by Gasteiger charge is 2.50. The smallest absolute Gasteiger partial charge is 0.0967 e. The van der Waals surface area contributed by atoms with Crippen molar-refractivity contribution < 1.29 is 4.48 Å². The minimum Gasteiger partial charge on any atom is -0.324 e. The van der Waals surface area contributed by atoms with Crippen LogP contribution < -0.4 is 5.73 Å². The van der Waals surface area contributed by atoms with Crippen LogP contribution in [0.3, 0.4) is 0 Å². The summed E-state index contributed by atoms with van der Waals surface area (Å²) in [6.45, 7) is 6.00. The Labute approximate surface area is 130 Å². The van der Waals surface area contributed by atoms with Crippen LogP contribution in [0.1, 0.15) is 29.5 Å². The zero-order valence-corrected chi connectivity index (χ0v) is 13.6. The van der Waals surface area contributed by atoms with Gasteiger partial charge in [0.15, 0.2) is 0 Å². The number of hydrogen-bond acceptors (Lipinski definition) is 1. The van der Waals surface area contributed by atoms with E-state index in [0.717, 1.165) is 18.7 Å². The maximum absolute atomic E-state index is 6.28. The summed E-state index contributed by atoms with van der Waals surface area (Å²) in [5, 5.41) is 0. The molecular formula is C18H28BN2+. The standard InChI is InChI=1S/C18H28BN2/c1-14-9-15(5-8-19)3-4-17(14)10-16-11-21(2,12-16)13-18(20)6-7-18/h3-4,9,16H,5-8,10-13,20H2,1-2H3/q+1. The first-order valence-electron chi connectivity index (χ1n) is 8.32. The highest BCUT2D eigenvalue weighted by molar-refractivity contribution is 6.08. The summed E-state index contributed by atoms with van der Waals surface area (Å²) in [4.78, 5) is 0. The Balaban J connectivity index is 1.54. The average molecular weight is 283 g/mol. The van der Waals surface area contributed by atoms with Gasteiger partial charge in [-0.15, -0.1) is 0 Å². The van der Waals surface area contributed by atoms with Crippen molar-refractivity contribution in [3.63, 3.8) is 0 Å². The molecule has 0 atom stereocenters. The van der Waals surface area contributed by atoms with Gasteiger partial charge in [-0.05, 0) is 49.3 Å². The van der Waals surface area contributed by atoms with Crippen molar-refractivity contribution >= 4 is 7.85 Å². The Kier molecular flexibility index (Phi) is 3.92. The molecule has 2 N–H and O–H groups in total. The maximum atomic E-state index is 6.28. The Hall–Kier alpha value is -0.795. The number of nitrogens with zero attached hydrogens (tertiary/aromatic N) is 1. The minimum absolute atomic E-state index is 0.180. The van der Waals surface area contributed by atoms with E-state index in [2.05, 4.69) is 32.2 Å². The molecule has 1 heterocycles. The number of quaternary nitrogens is 1. The first-order chi connectivity index (χ1) is 9.91. The molecule has 1 saturated heterocycles. The molecule has 1 aromatic carbocycles. The van der Waals surface area contributed by atoms with E-state index in [1.807, 2.05) is 0 Å². The SMILES string of the molecule is [B]CCc1ccc(CC2C[N+](C)(CC3(N)CC3)C2)c(C)c1. The molecule has 0 aromatic heterocycles. The summed E-state index contributed by atoms with van der Waals surface area (Å²) >= 11 is 0. The van der Waals surface area contributed by atoms with Gasteiger partial charge in [0.2, 0.25) is 0 Å². The molecule has 0 amide bonds. The molecule has 0 unspecified atom stereocenters. The van der Waals surface area contributed by atoms with Crippen LogP contribution in [0.5, 0.6) is 0 Å². The molecule has 1 aliphatic heterocycles. The topological polar surface area (TPSA) is 26.0 Å². The summed E-state index contributed by atoms with van der Waals surface area (Å²) in [6, 6.07) is 6.88. The van der Waals surface area contributed by atoms with E-state index in [9.17, 15) is 0 Å². The fourth-order valence-corrected chi connectivity index (χ4v) is 4.15. The number of likely N-dealkylation sites (N-methyl/N-ethyl adjacent to an activating group) is 1. The normalized spacial score (nSPS) is 30.0. The monoisotopic (exact) mass is 283 g/mol. The molecule has 3 heteroatoms. The molecule has 112 valence electrons. The quantitative estimate of drug-likeness (QED) is 0.629. The lowest BCUT2D eigenvalue weighted by atomic mass is 9.86. The Morgan fingerprint density at radius 1 is 1.33 bits per heavy atom. The molecule has 2 nitrogen and oxygen atoms in total. The Bertz CT molecular complexity index is 516. The van der Waals surface area contributed by atoms with Gasteiger partial charge in [-0.3, -0.25) is 0 Å². The fraction of sp³-hybridized carbons (Fsp3) is 0.667. The highest BCUT2D eigenvalue weighted by atomic mass is 15.4. The van der Waals surface area contributed by atoms with Crippen LogP contribution in [0.25, 0.3) is 0 Å². The Morgan fingerprint density at radius 2 is 2.05 bits per heavy atom. The second kappa shape index (κ2) is 5.44. The van der Waals surface area contributed by atoms with Crippen molar-refractivity contribution in [1.82, 2.24) is 0 Å². The lowest BCUT2D eigenvalue weighted by Crippen LogP contribution is -2.65. The minimum atomic E-state index is 0.180. The molecule has 0 bridgehead atoms. The van der Waals surface area contributed by atoms with E-state index >= 15 is 0 Å². The number of nitrogens with two attached hydrogens (primary N) is 1. The van der Waals surface area contributed by atoms with Gasteiger partial charge in [-0.2, -0.15) is 0 Å². The van der Waals surface area contributed by atoms with E-state index in [1.165, 1.54) is 60.1 Å². The van der Waals surface area contributed by atoms with Gasteiger partial charge >= 0.3 is 0 Å². The number of hydrogen-bond donors (Lipinski definition) is 1. The zero-order valence-electron chi connectivity index (χ0n) is 13.6. The average Bonchev–Trinajstić information content (AvgIpc) is 3.08. The highest BCUT2D eigenvalue weighted by Crippen LogP contribution is 2.38. The third-order valence-electron chi connectivity index (χ3n) is 5.34. The number of benzene rings is 1. The zero-order chi connectivity index (χ0) is 15.1. The molecule has 3 rings (SSSR count). The van der Waals surface area contributed by atoms with E-state index < -0.39 is 0 Å². The third kappa shape index (κ3) is 3.52. The lowest BCUT2D eigenvalue weighted by molar-refractivity contribution is -0.958. The van der Waals surface area contributed by atoms with Crippen LogP contribution in [0, 0.1) is 12.8 Å². The van der Waals surface area contributed by atoms with Crippen LogP contribution in [-0.4, -0.2) is 44.6 Å². The van der Waals surface area contributed by atoms with Gasteiger partial charge in [-0.25, -0.2) is 0 Å². The summed E-state index contributed by atoms with van der Waals surface area (Å²) in [7, 11) is 8.01. The molecule has 1 saturated carbocycles. The number of aryl methyl sites for hydroxylation is 2. The largest absolute Gasteiger partial charge is 0.324 e. The van der Waals surface area contributed by atoms with Crippen molar-refractivity contribution in [2.24, 2.45) is 11.7 Å². The number of rotatable bonds is 6. The van der Waals surface area contributed by atoms with Crippen molar-refractivity contribution in [3.05, 3.63) is 34.9 Å². The summed E-state index contributed by atoms with van der Waals surface area (Å²) < 4.78 is 1.19. The second-order valence-corrected chi connectivity index (χ2v) is 7.87. The first kappa shape index (κ1) is 15.1. The fourth-order valence-electron chi connectivity index (χ4n) is 4.15. The molecule has 1 aromatic rings. The van der Waals surface area contributed by atoms with Crippen molar-refractivity contribution in [1.29, 1.82) is 0 Å². The first-order valence-corrected chi connectivity index (χ1v) is 8.32. The van der Waals surface area contributed by atoms with Crippen molar-refractivity contribution in [2.75, 3.05) is 26.7 Å². The lowest BCUT2D eigenvalue weighted by Gasteiger charge is -2.49. The maximum Gasteiger partial charge on any atom is 0.0967 e. The molecule has 2 fully saturated rings. The Morgan fingerprint density at radius 3 is 2.62 bits per heavy atom. The van der Waals surface area contributed by atoms with Crippen LogP contribution >= 0.6 is 0 Å². The predicted molar refractivity (Wildman–Crippen MR) is 89.6 cm³/mol. The van der Waals surface area contributed by atoms with Crippen molar-refractivity contribution in [3.8, 4) is 0 Å². The van der Waals surface area contributed by atoms with Gasteiger partial charge in [0.05, 0.1) is 46.0 Å². The predicted octanol–water partition coefficient (Wildman–Crippen LogP) is 2.23. The van der Waals surface area contributed by atoms with Gasteiger partial charge in [0, 0.05) is 0 Å². The van der Waals surface area contributed by atoms with Crippen LogP contribution in [-0.2, 0) is 12.8 Å². The molecule has 1 aliphatic carbocycles. The van der Waals surface area contributed by atoms with Gasteiger partial charge in [0.1, 0.15) is 0 Å². The molecule has 2 aliphatic rings. The summed E-state index contributed by atoms with van der Waals surface area (Å²) in [5.41, 5.74) is 10.8. The molecule has 2 radical (unpaired) electrons. The van der Waals surface area contributed by atoms with Crippen LogP contribution in [0.4, 0.5) is 0 Å². The van der Waals surface area contributed by atoms with E-state index in [1.54, 1.807) is 0 Å². The van der Waals surface area contributed by atoms with Crippen LogP contribution in [0.15, 0.2) is 18.2 Å². The van der Waals surface area contributed by atoms with Gasteiger partial charge in [0.25, 0.3) is 0 Å². The molecule has 0 spiro atoms. The summed E-state index contributed by atoms with van der Waals surface area (Å²) in [6.07, 6.45) is 5.40. The molecular weight excluding hydrogens is 255 g/mol. The van der Waals surface area contributed by atoms with E-state index in [0.29, 0.717) is 0 Å². The summed E-state index contributed by atoms with van der Waals surface area (Å²) in [5.74, 6) is 0.830. The van der Waals surface area contributed by atoms with Crippen LogP contribution in [0.2, 0.25) is 6.32 Å². The van der Waals surface area contributed by atoms with Gasteiger partial charge < -0.3 is 10.2 Å². The van der Waals surface area contributed by atoms with Gasteiger partial charge in [-0.1, -0.05) is 24.5 Å². The second-order valence-electron chi connectivity index (χ2n) is 7.87. The van der Waals surface area contributed by atoms with Crippen molar-refractivity contribution in [2.45, 2.75) is 44.5 Å². The van der Waals surface area contributed by atoms with E-state index in [4.69, 9.17) is 13.6 Å². The third-order valence-corrected chi connectivity index (χ3v) is 5.34. The van der Waals surface area contributed by atoms with E-state index in [-0.39, 0.29) is 5.54 Å². The number of likely N-dealkylation sites (tertiary alicyclic amines) is 1.